The van der Waals surface area contributed by atoms with Gasteiger partial charge in [-0.15, -0.1) is 0 Å². The summed E-state index contributed by atoms with van der Waals surface area (Å²) in [7, 11) is 1.38. The number of esters is 1. The van der Waals surface area contributed by atoms with E-state index in [4.69, 9.17) is 19.9 Å². The maximum Gasteiger partial charge on any atom is 0.338 e. The second-order valence-electron chi connectivity index (χ2n) is 5.12. The number of non-ortho nitro benzene ring substituents is 1. The molecule has 26 heavy (non-hydrogen) atoms. The summed E-state index contributed by atoms with van der Waals surface area (Å²) in [5.41, 5.74) is 5.61. The third-order valence-corrected chi connectivity index (χ3v) is 3.26. The number of nitrogens with zero attached hydrogens (tertiary/aromatic N) is 1. The molecule has 0 fully saturated rings. The molecule has 2 aromatic carbocycles. The Hall–Kier alpha value is -3.62. The first-order valence-corrected chi connectivity index (χ1v) is 7.40. The summed E-state index contributed by atoms with van der Waals surface area (Å²) in [4.78, 5) is 33.2. The first-order valence-electron chi connectivity index (χ1n) is 7.40. The molecule has 9 heteroatoms. The second kappa shape index (κ2) is 8.47. The van der Waals surface area contributed by atoms with Crippen molar-refractivity contribution in [2.45, 2.75) is 6.61 Å². The molecule has 9 nitrogen and oxygen atoms in total. The number of ether oxygens (including phenoxy) is 3. The maximum atomic E-state index is 12.2. The molecule has 0 bridgehead atoms. The molecule has 2 rings (SSSR count). The standard InChI is InChI=1S/C17H16N2O7/c1-24-15-8-12(5-6-14(15)25-10-16(18)20)17(21)26-9-11-3-2-4-13(7-11)19(22)23/h2-8H,9-10H2,1H3,(H2,18,20). The molecule has 2 N–H and O–H groups in total. The van der Waals surface area contributed by atoms with Crippen LogP contribution in [0.3, 0.4) is 0 Å². The highest BCUT2D eigenvalue weighted by Gasteiger charge is 2.14. The molecule has 2 aromatic rings. The third-order valence-electron chi connectivity index (χ3n) is 3.26. The maximum absolute atomic E-state index is 12.2. The largest absolute Gasteiger partial charge is 0.493 e. The van der Waals surface area contributed by atoms with E-state index in [1.165, 1.54) is 43.5 Å². The summed E-state index contributed by atoms with van der Waals surface area (Å²) >= 11 is 0. The lowest BCUT2D eigenvalue weighted by Crippen LogP contribution is -2.20. The van der Waals surface area contributed by atoms with E-state index in [0.29, 0.717) is 5.56 Å². The Morgan fingerprint density at radius 2 is 1.92 bits per heavy atom. The number of nitrogens with two attached hydrogens (primary N) is 1. The Balaban J connectivity index is 2.06. The zero-order chi connectivity index (χ0) is 19.1. The van der Waals surface area contributed by atoms with E-state index in [0.717, 1.165) is 0 Å². The summed E-state index contributed by atoms with van der Waals surface area (Å²) in [6.45, 7) is -0.449. The van der Waals surface area contributed by atoms with Gasteiger partial charge in [-0.2, -0.15) is 0 Å². The van der Waals surface area contributed by atoms with Gasteiger partial charge in [-0.25, -0.2) is 4.79 Å². The van der Waals surface area contributed by atoms with Crippen LogP contribution in [0.1, 0.15) is 15.9 Å². The molecule has 0 aliphatic rings. The zero-order valence-corrected chi connectivity index (χ0v) is 13.8. The lowest BCUT2D eigenvalue weighted by atomic mass is 10.2. The van der Waals surface area contributed by atoms with Gasteiger partial charge in [0.25, 0.3) is 11.6 Å². The molecule has 0 aliphatic carbocycles. The Labute approximate surface area is 148 Å². The second-order valence-corrected chi connectivity index (χ2v) is 5.12. The van der Waals surface area contributed by atoms with E-state index in [-0.39, 0.29) is 36.0 Å². The van der Waals surface area contributed by atoms with Gasteiger partial charge < -0.3 is 19.9 Å². The van der Waals surface area contributed by atoms with Crippen molar-refractivity contribution in [2.75, 3.05) is 13.7 Å². The van der Waals surface area contributed by atoms with Crippen molar-refractivity contribution in [3.8, 4) is 11.5 Å². The quantitative estimate of drug-likeness (QED) is 0.431. The summed E-state index contributed by atoms with van der Waals surface area (Å²) < 4.78 is 15.4. The van der Waals surface area contributed by atoms with Crippen LogP contribution in [-0.2, 0) is 16.1 Å². The predicted molar refractivity (Wildman–Crippen MR) is 89.9 cm³/mol. The van der Waals surface area contributed by atoms with Crippen LogP contribution in [0.2, 0.25) is 0 Å². The fraction of sp³-hybridized carbons (Fsp3) is 0.176. The normalized spacial score (nSPS) is 10.0. The van der Waals surface area contributed by atoms with Gasteiger partial charge in [-0.05, 0) is 23.8 Å². The molecule has 0 atom stereocenters. The van der Waals surface area contributed by atoms with Crippen LogP contribution in [0.5, 0.6) is 11.5 Å². The fourth-order valence-corrected chi connectivity index (χ4v) is 2.05. The zero-order valence-electron chi connectivity index (χ0n) is 13.8. The number of methoxy groups -OCH3 is 1. The van der Waals surface area contributed by atoms with Crippen LogP contribution in [0.25, 0.3) is 0 Å². The number of carbonyl (C=O) groups excluding carboxylic acids is 2. The topological polar surface area (TPSA) is 131 Å². The van der Waals surface area contributed by atoms with Crippen molar-refractivity contribution in [1.29, 1.82) is 0 Å². The minimum absolute atomic E-state index is 0.0869. The predicted octanol–water partition coefficient (Wildman–Crippen LogP) is 1.82. The van der Waals surface area contributed by atoms with Crippen LogP contribution in [-0.4, -0.2) is 30.5 Å². The van der Waals surface area contributed by atoms with E-state index >= 15 is 0 Å². The van der Waals surface area contributed by atoms with Crippen LogP contribution >= 0.6 is 0 Å². The number of benzene rings is 2. The molecule has 1 amide bonds. The van der Waals surface area contributed by atoms with Crippen molar-refractivity contribution in [2.24, 2.45) is 5.73 Å². The van der Waals surface area contributed by atoms with Crippen LogP contribution < -0.4 is 15.2 Å². The first-order chi connectivity index (χ1) is 12.4. The number of carbonyl (C=O) groups is 2. The highest BCUT2D eigenvalue weighted by atomic mass is 16.6. The minimum Gasteiger partial charge on any atom is -0.493 e. The average molecular weight is 360 g/mol. The lowest BCUT2D eigenvalue weighted by Gasteiger charge is -2.11. The van der Waals surface area contributed by atoms with Crippen LogP contribution in [0.4, 0.5) is 5.69 Å². The lowest BCUT2D eigenvalue weighted by molar-refractivity contribution is -0.384. The smallest absolute Gasteiger partial charge is 0.338 e. The molecular formula is C17H16N2O7. The molecule has 0 spiro atoms. The number of hydrogen-bond donors (Lipinski definition) is 1. The van der Waals surface area contributed by atoms with Gasteiger partial charge in [-0.1, -0.05) is 12.1 Å². The number of nitro groups is 1. The first kappa shape index (κ1) is 18.7. The number of hydrogen-bond acceptors (Lipinski definition) is 7. The van der Waals surface area contributed by atoms with Gasteiger partial charge in [0, 0.05) is 12.1 Å². The molecule has 0 heterocycles. The molecular weight excluding hydrogens is 344 g/mol. The summed E-state index contributed by atoms with van der Waals surface area (Å²) in [6, 6.07) is 10.1. The highest BCUT2D eigenvalue weighted by molar-refractivity contribution is 5.90. The van der Waals surface area contributed by atoms with Crippen LogP contribution in [0, 0.1) is 10.1 Å². The van der Waals surface area contributed by atoms with Gasteiger partial charge in [-0.3, -0.25) is 14.9 Å². The SMILES string of the molecule is COc1cc(C(=O)OCc2cccc([N+](=O)[O-])c2)ccc1OCC(N)=O. The number of primary amides is 1. The number of rotatable bonds is 8. The van der Waals surface area contributed by atoms with Crippen LogP contribution in [0.15, 0.2) is 42.5 Å². The van der Waals surface area contributed by atoms with E-state index in [2.05, 4.69) is 0 Å². The Kier molecular flexibility index (Phi) is 6.10. The van der Waals surface area contributed by atoms with Gasteiger partial charge in [0.2, 0.25) is 0 Å². The molecule has 0 aliphatic heterocycles. The molecule has 0 saturated heterocycles. The molecule has 0 aromatic heterocycles. The average Bonchev–Trinajstić information content (AvgIpc) is 2.64. The van der Waals surface area contributed by atoms with Crippen molar-refractivity contribution < 1.29 is 28.7 Å². The Morgan fingerprint density at radius 3 is 2.58 bits per heavy atom. The molecule has 0 radical (unpaired) electrons. The summed E-state index contributed by atoms with van der Waals surface area (Å²) in [6.07, 6.45) is 0. The fourth-order valence-electron chi connectivity index (χ4n) is 2.05. The minimum atomic E-state index is -0.646. The van der Waals surface area contributed by atoms with Gasteiger partial charge in [0.15, 0.2) is 18.1 Å². The van der Waals surface area contributed by atoms with Gasteiger partial charge in [0.05, 0.1) is 17.6 Å². The number of amides is 1. The molecule has 0 saturated carbocycles. The Morgan fingerprint density at radius 1 is 1.15 bits per heavy atom. The highest BCUT2D eigenvalue weighted by Crippen LogP contribution is 2.28. The van der Waals surface area contributed by atoms with Crippen molar-refractivity contribution in [3.05, 3.63) is 63.7 Å². The van der Waals surface area contributed by atoms with E-state index in [1.807, 2.05) is 0 Å². The van der Waals surface area contributed by atoms with E-state index < -0.39 is 16.8 Å². The summed E-state index contributed by atoms with van der Waals surface area (Å²) in [5, 5.41) is 10.8. The van der Waals surface area contributed by atoms with Gasteiger partial charge in [0.1, 0.15) is 6.61 Å². The van der Waals surface area contributed by atoms with Gasteiger partial charge >= 0.3 is 5.97 Å². The van der Waals surface area contributed by atoms with Crippen molar-refractivity contribution >= 4 is 17.6 Å². The summed E-state index contributed by atoms with van der Waals surface area (Å²) in [5.74, 6) is -0.804. The number of nitro benzene ring substituents is 1. The van der Waals surface area contributed by atoms with E-state index in [9.17, 15) is 19.7 Å². The monoisotopic (exact) mass is 360 g/mol. The van der Waals surface area contributed by atoms with E-state index in [1.54, 1.807) is 6.07 Å². The molecule has 136 valence electrons. The van der Waals surface area contributed by atoms with Crippen molar-refractivity contribution in [1.82, 2.24) is 0 Å². The Bertz CT molecular complexity index is 836. The third kappa shape index (κ3) is 4.94. The van der Waals surface area contributed by atoms with Crippen molar-refractivity contribution in [3.63, 3.8) is 0 Å². The molecule has 0 unspecified atom stereocenters.